The summed E-state index contributed by atoms with van der Waals surface area (Å²) in [4.78, 5) is 14.9. The molecule has 5 nitrogen and oxygen atoms in total. The highest BCUT2D eigenvalue weighted by Gasteiger charge is 2.26. The first kappa shape index (κ1) is 18.8. The summed E-state index contributed by atoms with van der Waals surface area (Å²) in [5.41, 5.74) is 3.56. The van der Waals surface area contributed by atoms with Crippen LogP contribution in [-0.2, 0) is 17.8 Å². The summed E-state index contributed by atoms with van der Waals surface area (Å²) in [7, 11) is 0. The molecular weight excluding hydrogens is 352 g/mol. The van der Waals surface area contributed by atoms with E-state index in [9.17, 15) is 4.79 Å². The quantitative estimate of drug-likeness (QED) is 0.886. The number of amides is 1. The lowest BCUT2D eigenvalue weighted by Gasteiger charge is -2.25. The largest absolute Gasteiger partial charge is 0.492 e. The Labute approximate surface area is 166 Å². The highest BCUT2D eigenvalue weighted by Crippen LogP contribution is 2.27. The summed E-state index contributed by atoms with van der Waals surface area (Å²) in [6.45, 7) is 7.77. The van der Waals surface area contributed by atoms with Crippen molar-refractivity contribution in [3.63, 3.8) is 0 Å². The first-order chi connectivity index (χ1) is 13.6. The second-order valence-corrected chi connectivity index (χ2v) is 7.89. The Kier molecular flexibility index (Phi) is 5.53. The van der Waals surface area contributed by atoms with Gasteiger partial charge in [-0.15, -0.1) is 0 Å². The molecule has 4 rings (SSSR count). The van der Waals surface area contributed by atoms with Gasteiger partial charge in [-0.3, -0.25) is 9.69 Å². The third-order valence-corrected chi connectivity index (χ3v) is 5.43. The molecule has 0 radical (unpaired) electrons. The molecule has 2 atom stereocenters. The number of benzene rings is 2. The Bertz CT molecular complexity index is 851. The van der Waals surface area contributed by atoms with Gasteiger partial charge in [0.25, 0.3) is 0 Å². The average molecular weight is 380 g/mol. The second-order valence-electron chi connectivity index (χ2n) is 7.89. The predicted octanol–water partition coefficient (Wildman–Crippen LogP) is 2.95. The summed E-state index contributed by atoms with van der Waals surface area (Å²) >= 11 is 0. The van der Waals surface area contributed by atoms with Crippen LogP contribution in [0.15, 0.2) is 42.5 Å². The molecule has 1 amide bonds. The van der Waals surface area contributed by atoms with Gasteiger partial charge in [-0.05, 0) is 38.0 Å². The molecule has 0 saturated heterocycles. The van der Waals surface area contributed by atoms with E-state index in [1.54, 1.807) is 0 Å². The molecule has 0 unspecified atom stereocenters. The Morgan fingerprint density at radius 1 is 1.18 bits per heavy atom. The van der Waals surface area contributed by atoms with Gasteiger partial charge in [0, 0.05) is 31.7 Å². The summed E-state index contributed by atoms with van der Waals surface area (Å²) in [6.07, 6.45) is 0.867. The van der Waals surface area contributed by atoms with Gasteiger partial charge in [-0.25, -0.2) is 0 Å². The molecule has 0 fully saturated rings. The molecule has 148 valence electrons. The van der Waals surface area contributed by atoms with Crippen LogP contribution < -0.4 is 14.8 Å². The Balaban J connectivity index is 1.30. The van der Waals surface area contributed by atoms with Crippen molar-refractivity contribution in [1.29, 1.82) is 0 Å². The van der Waals surface area contributed by atoms with E-state index in [2.05, 4.69) is 42.3 Å². The maximum atomic E-state index is 12.6. The topological polar surface area (TPSA) is 50.8 Å². The van der Waals surface area contributed by atoms with Crippen molar-refractivity contribution in [2.45, 2.75) is 32.9 Å². The minimum Gasteiger partial charge on any atom is -0.492 e. The SMILES string of the molecule is Cc1ccc2c(c1)CN(CCNC(=O)[C@@H]1COc3ccccc3C1)C[C@H](C)O2. The van der Waals surface area contributed by atoms with Crippen LogP contribution in [-0.4, -0.2) is 43.2 Å². The maximum Gasteiger partial charge on any atom is 0.226 e. The van der Waals surface area contributed by atoms with Crippen LogP contribution in [0.3, 0.4) is 0 Å². The van der Waals surface area contributed by atoms with Crippen LogP contribution in [0.4, 0.5) is 0 Å². The number of rotatable bonds is 4. The first-order valence-corrected chi connectivity index (χ1v) is 10.1. The lowest BCUT2D eigenvalue weighted by molar-refractivity contribution is -0.126. The number of fused-ring (bicyclic) bond motifs is 2. The molecule has 2 aliphatic rings. The number of carbonyl (C=O) groups excluding carboxylic acids is 1. The standard InChI is InChI=1S/C23H28N2O3/c1-16-7-8-22-19(11-16)14-25(13-17(2)28-22)10-9-24-23(26)20-12-18-5-3-4-6-21(18)27-15-20/h3-8,11,17,20H,9-10,12-15H2,1-2H3,(H,24,26)/t17-,20-/m0/s1. The van der Waals surface area contributed by atoms with Crippen LogP contribution in [0.25, 0.3) is 0 Å². The van der Waals surface area contributed by atoms with Crippen molar-refractivity contribution in [2.24, 2.45) is 5.92 Å². The zero-order valence-corrected chi connectivity index (χ0v) is 16.6. The van der Waals surface area contributed by atoms with Gasteiger partial charge >= 0.3 is 0 Å². The fraction of sp³-hybridized carbons (Fsp3) is 0.435. The second kappa shape index (κ2) is 8.23. The highest BCUT2D eigenvalue weighted by molar-refractivity contribution is 5.79. The van der Waals surface area contributed by atoms with Crippen molar-refractivity contribution in [3.8, 4) is 11.5 Å². The zero-order chi connectivity index (χ0) is 19.5. The van der Waals surface area contributed by atoms with Crippen LogP contribution in [0.5, 0.6) is 11.5 Å². The van der Waals surface area contributed by atoms with Gasteiger partial charge in [0.2, 0.25) is 5.91 Å². The van der Waals surface area contributed by atoms with Crippen molar-refractivity contribution in [1.82, 2.24) is 10.2 Å². The number of hydrogen-bond acceptors (Lipinski definition) is 4. The molecule has 0 bridgehead atoms. The van der Waals surface area contributed by atoms with Gasteiger partial charge in [-0.2, -0.15) is 0 Å². The zero-order valence-electron chi connectivity index (χ0n) is 16.6. The number of hydrogen-bond donors (Lipinski definition) is 1. The summed E-state index contributed by atoms with van der Waals surface area (Å²) < 4.78 is 11.8. The number of para-hydroxylation sites is 1. The van der Waals surface area contributed by atoms with Crippen LogP contribution in [0.2, 0.25) is 0 Å². The molecule has 0 aliphatic carbocycles. The smallest absolute Gasteiger partial charge is 0.226 e. The maximum absolute atomic E-state index is 12.6. The minimum absolute atomic E-state index is 0.0740. The van der Waals surface area contributed by atoms with Gasteiger partial charge in [0.1, 0.15) is 24.2 Å². The minimum atomic E-state index is -0.121. The summed E-state index contributed by atoms with van der Waals surface area (Å²) in [6, 6.07) is 14.3. The average Bonchev–Trinajstić information content (AvgIpc) is 2.84. The molecule has 2 aromatic rings. The molecule has 0 spiro atoms. The Hall–Kier alpha value is -2.53. The van der Waals surface area contributed by atoms with E-state index in [1.807, 2.05) is 24.3 Å². The number of aryl methyl sites for hydroxylation is 1. The number of nitrogens with zero attached hydrogens (tertiary/aromatic N) is 1. The lowest BCUT2D eigenvalue weighted by atomic mass is 9.96. The number of ether oxygens (including phenoxy) is 2. The van der Waals surface area contributed by atoms with Crippen molar-refractivity contribution < 1.29 is 14.3 Å². The molecular formula is C23H28N2O3. The van der Waals surface area contributed by atoms with Gasteiger partial charge < -0.3 is 14.8 Å². The normalized spacial score (nSPS) is 21.5. The van der Waals surface area contributed by atoms with Crippen molar-refractivity contribution in [3.05, 3.63) is 59.2 Å². The summed E-state index contributed by atoms with van der Waals surface area (Å²) in [5, 5.41) is 3.10. The molecule has 2 aliphatic heterocycles. The van der Waals surface area contributed by atoms with Gasteiger partial charge in [0.05, 0.1) is 5.92 Å². The van der Waals surface area contributed by atoms with E-state index >= 15 is 0 Å². The Morgan fingerprint density at radius 3 is 2.93 bits per heavy atom. The third kappa shape index (κ3) is 4.30. The van der Waals surface area contributed by atoms with Crippen LogP contribution in [0.1, 0.15) is 23.6 Å². The van der Waals surface area contributed by atoms with E-state index in [-0.39, 0.29) is 17.9 Å². The molecule has 5 heteroatoms. The predicted molar refractivity (Wildman–Crippen MR) is 109 cm³/mol. The lowest BCUT2D eigenvalue weighted by Crippen LogP contribution is -2.42. The van der Waals surface area contributed by atoms with Crippen LogP contribution in [0, 0.1) is 12.8 Å². The van der Waals surface area contributed by atoms with Gasteiger partial charge in [0.15, 0.2) is 0 Å². The monoisotopic (exact) mass is 380 g/mol. The van der Waals surface area contributed by atoms with E-state index in [1.165, 1.54) is 11.1 Å². The highest BCUT2D eigenvalue weighted by atomic mass is 16.5. The number of carbonyl (C=O) groups is 1. The molecule has 2 aromatic carbocycles. The van der Waals surface area contributed by atoms with Crippen LogP contribution >= 0.6 is 0 Å². The molecule has 0 saturated carbocycles. The summed E-state index contributed by atoms with van der Waals surface area (Å²) in [5.74, 6) is 1.83. The molecule has 2 heterocycles. The van der Waals surface area contributed by atoms with E-state index in [0.717, 1.165) is 43.1 Å². The van der Waals surface area contributed by atoms with E-state index in [0.29, 0.717) is 13.2 Å². The molecule has 28 heavy (non-hydrogen) atoms. The third-order valence-electron chi connectivity index (χ3n) is 5.43. The van der Waals surface area contributed by atoms with Gasteiger partial charge in [-0.1, -0.05) is 35.9 Å². The molecule has 0 aromatic heterocycles. The molecule has 1 N–H and O–H groups in total. The number of nitrogens with one attached hydrogen (secondary N) is 1. The Morgan fingerprint density at radius 2 is 2.04 bits per heavy atom. The fourth-order valence-corrected chi connectivity index (χ4v) is 4.02. The van der Waals surface area contributed by atoms with E-state index < -0.39 is 0 Å². The van der Waals surface area contributed by atoms with Crippen molar-refractivity contribution in [2.75, 3.05) is 26.2 Å². The fourth-order valence-electron chi connectivity index (χ4n) is 4.02. The van der Waals surface area contributed by atoms with E-state index in [4.69, 9.17) is 9.47 Å². The first-order valence-electron chi connectivity index (χ1n) is 10.1. The van der Waals surface area contributed by atoms with Crippen molar-refractivity contribution >= 4 is 5.91 Å².